The van der Waals surface area contributed by atoms with E-state index in [2.05, 4.69) is 64.3 Å². The molecule has 1 aliphatic rings. The fourth-order valence-electron chi connectivity index (χ4n) is 2.08. The normalized spacial score (nSPS) is 14.6. The van der Waals surface area contributed by atoms with Gasteiger partial charge >= 0.3 is 5.17 Å². The van der Waals surface area contributed by atoms with Crippen LogP contribution in [-0.2, 0) is 6.42 Å². The first-order valence-corrected chi connectivity index (χ1v) is 7.13. The monoisotopic (exact) mass is 255 g/mol. The van der Waals surface area contributed by atoms with E-state index in [-0.39, 0.29) is 0 Å². The Morgan fingerprint density at radius 2 is 1.89 bits per heavy atom. The molecule has 0 radical (unpaired) electrons. The van der Waals surface area contributed by atoms with Crippen LogP contribution in [0.1, 0.15) is 11.3 Å². The molecule has 2 heterocycles. The van der Waals surface area contributed by atoms with E-state index in [0.717, 1.165) is 23.9 Å². The molecule has 0 saturated carbocycles. The molecule has 0 amide bonds. The Balaban J connectivity index is 1.92. The van der Waals surface area contributed by atoms with Crippen molar-refractivity contribution < 1.29 is 4.57 Å². The Morgan fingerprint density at radius 1 is 1.06 bits per heavy atom. The molecule has 0 atom stereocenters. The van der Waals surface area contributed by atoms with Crippen LogP contribution in [0.3, 0.4) is 0 Å². The Labute approximate surface area is 111 Å². The third-order valence-electron chi connectivity index (χ3n) is 2.95. The molecule has 0 spiro atoms. The van der Waals surface area contributed by atoms with Crippen molar-refractivity contribution >= 4 is 16.9 Å². The molecule has 0 unspecified atom stereocenters. The van der Waals surface area contributed by atoms with Gasteiger partial charge in [-0.15, -0.1) is 0 Å². The summed E-state index contributed by atoms with van der Waals surface area (Å²) in [6.45, 7) is 0.937. The minimum absolute atomic E-state index is 0.937. The van der Waals surface area contributed by atoms with E-state index in [1.54, 1.807) is 0 Å². The van der Waals surface area contributed by atoms with E-state index in [4.69, 9.17) is 0 Å². The van der Waals surface area contributed by atoms with Crippen molar-refractivity contribution in [2.24, 2.45) is 4.99 Å². The number of hydrogen-bond donors (Lipinski definition) is 0. The second-order valence-electron chi connectivity index (χ2n) is 4.24. The largest absolute Gasteiger partial charge is 0.358 e. The van der Waals surface area contributed by atoms with Crippen LogP contribution >= 0.6 is 11.8 Å². The van der Waals surface area contributed by atoms with Gasteiger partial charge < -0.3 is 0 Å². The third kappa shape index (κ3) is 2.46. The minimum atomic E-state index is 0.937. The lowest BCUT2D eigenvalue weighted by Crippen LogP contribution is -2.43. The van der Waals surface area contributed by atoms with Crippen LogP contribution in [-0.4, -0.2) is 17.5 Å². The van der Waals surface area contributed by atoms with Gasteiger partial charge in [0, 0.05) is 12.2 Å². The summed E-state index contributed by atoms with van der Waals surface area (Å²) in [6, 6.07) is 16.9. The molecule has 0 saturated heterocycles. The van der Waals surface area contributed by atoms with Crippen molar-refractivity contribution in [2.45, 2.75) is 6.42 Å². The summed E-state index contributed by atoms with van der Waals surface area (Å²) in [6.07, 6.45) is 3.05. The maximum atomic E-state index is 4.55. The van der Waals surface area contributed by atoms with Gasteiger partial charge in [0.25, 0.3) is 0 Å². The van der Waals surface area contributed by atoms with Crippen LogP contribution in [0.15, 0.2) is 59.7 Å². The highest BCUT2D eigenvalue weighted by atomic mass is 32.2. The number of benzene rings is 1. The standard InChI is InChI=1S/C15H15N2S/c1-2-6-13(7-3-1)12-14-8-4-5-10-17(14)15-16-9-11-18-15/h1-8,10H,9,11-12H2/q+1. The second kappa shape index (κ2) is 5.36. The van der Waals surface area contributed by atoms with Crippen LogP contribution < -0.4 is 4.57 Å². The summed E-state index contributed by atoms with van der Waals surface area (Å²) >= 11 is 1.83. The van der Waals surface area contributed by atoms with Gasteiger partial charge in [-0.2, -0.15) is 4.57 Å². The average molecular weight is 255 g/mol. The van der Waals surface area contributed by atoms with Gasteiger partial charge in [0.2, 0.25) is 0 Å². The van der Waals surface area contributed by atoms with E-state index >= 15 is 0 Å². The van der Waals surface area contributed by atoms with Gasteiger partial charge in [0.15, 0.2) is 0 Å². The Kier molecular flexibility index (Phi) is 3.42. The minimum Gasteiger partial charge on any atom is -0.195 e. The van der Waals surface area contributed by atoms with E-state index in [1.807, 2.05) is 11.8 Å². The number of thioether (sulfide) groups is 1. The Bertz CT molecular complexity index is 564. The Morgan fingerprint density at radius 3 is 2.67 bits per heavy atom. The highest BCUT2D eigenvalue weighted by Gasteiger charge is 2.21. The van der Waals surface area contributed by atoms with Crippen molar-refractivity contribution in [3.63, 3.8) is 0 Å². The predicted molar refractivity (Wildman–Crippen MR) is 76.0 cm³/mol. The predicted octanol–water partition coefficient (Wildman–Crippen LogP) is 2.52. The van der Waals surface area contributed by atoms with Gasteiger partial charge in [-0.3, -0.25) is 0 Å². The van der Waals surface area contributed by atoms with Crippen molar-refractivity contribution in [1.29, 1.82) is 0 Å². The molecule has 0 fully saturated rings. The zero-order valence-electron chi connectivity index (χ0n) is 10.1. The van der Waals surface area contributed by atoms with Crippen LogP contribution in [0, 0.1) is 0 Å². The van der Waals surface area contributed by atoms with E-state index < -0.39 is 0 Å². The van der Waals surface area contributed by atoms with Crippen molar-refractivity contribution in [2.75, 3.05) is 12.3 Å². The molecule has 0 N–H and O–H groups in total. The number of aromatic nitrogens is 1. The van der Waals surface area contributed by atoms with E-state index in [1.165, 1.54) is 11.3 Å². The summed E-state index contributed by atoms with van der Waals surface area (Å²) in [5, 5.41) is 1.13. The third-order valence-corrected chi connectivity index (χ3v) is 3.92. The van der Waals surface area contributed by atoms with Gasteiger partial charge in [-0.05, 0) is 29.5 Å². The molecular formula is C15H15N2S+. The lowest BCUT2D eigenvalue weighted by molar-refractivity contribution is -0.558. The molecule has 90 valence electrons. The fraction of sp³-hybridized carbons (Fsp3) is 0.200. The molecule has 0 bridgehead atoms. The highest BCUT2D eigenvalue weighted by molar-refractivity contribution is 8.13. The quantitative estimate of drug-likeness (QED) is 0.753. The summed E-state index contributed by atoms with van der Waals surface area (Å²) < 4.78 is 2.21. The van der Waals surface area contributed by atoms with Crippen LogP contribution in [0.5, 0.6) is 0 Å². The van der Waals surface area contributed by atoms with Crippen LogP contribution in [0.25, 0.3) is 0 Å². The van der Waals surface area contributed by atoms with Gasteiger partial charge in [0.1, 0.15) is 12.2 Å². The smallest absolute Gasteiger partial charge is 0.195 e. The highest BCUT2D eigenvalue weighted by Crippen LogP contribution is 2.11. The SMILES string of the molecule is c1ccc(Cc2cccc[n+]2C2=NCCS2)cc1. The van der Waals surface area contributed by atoms with Crippen molar-refractivity contribution in [3.8, 4) is 0 Å². The van der Waals surface area contributed by atoms with Crippen LogP contribution in [0.2, 0.25) is 0 Å². The second-order valence-corrected chi connectivity index (χ2v) is 5.30. The van der Waals surface area contributed by atoms with E-state index in [0.29, 0.717) is 0 Å². The average Bonchev–Trinajstić information content (AvgIpc) is 2.94. The maximum absolute atomic E-state index is 4.55. The summed E-state index contributed by atoms with van der Waals surface area (Å²) in [5.74, 6) is 1.10. The topological polar surface area (TPSA) is 16.2 Å². The molecule has 3 heteroatoms. The number of hydrogen-bond acceptors (Lipinski definition) is 2. The summed E-state index contributed by atoms with van der Waals surface area (Å²) in [7, 11) is 0. The van der Waals surface area contributed by atoms with Gasteiger partial charge in [-0.1, -0.05) is 41.4 Å². The van der Waals surface area contributed by atoms with Gasteiger partial charge in [-0.25, -0.2) is 0 Å². The maximum Gasteiger partial charge on any atom is 0.358 e. The summed E-state index contributed by atoms with van der Waals surface area (Å²) in [4.78, 5) is 4.55. The molecule has 1 aliphatic heterocycles. The zero-order chi connectivity index (χ0) is 12.2. The lowest BCUT2D eigenvalue weighted by Gasteiger charge is -2.05. The molecule has 18 heavy (non-hydrogen) atoms. The first-order chi connectivity index (χ1) is 8.93. The first kappa shape index (κ1) is 11.5. The number of nitrogens with zero attached hydrogens (tertiary/aromatic N) is 2. The first-order valence-electron chi connectivity index (χ1n) is 6.14. The fourth-order valence-corrected chi connectivity index (χ4v) is 2.95. The number of pyridine rings is 1. The molecule has 1 aromatic carbocycles. The molecule has 0 aliphatic carbocycles. The number of rotatable bonds is 2. The molecule has 2 nitrogen and oxygen atoms in total. The molecule has 1 aromatic heterocycles. The van der Waals surface area contributed by atoms with Crippen LogP contribution in [0.4, 0.5) is 0 Å². The molecule has 2 aromatic rings. The lowest BCUT2D eigenvalue weighted by atomic mass is 10.1. The number of aliphatic imine (C=N–C) groups is 1. The molecular weight excluding hydrogens is 240 g/mol. The Hall–Kier alpha value is -1.61. The van der Waals surface area contributed by atoms with Gasteiger partial charge in [0.05, 0.1) is 6.20 Å². The summed E-state index contributed by atoms with van der Waals surface area (Å²) in [5.41, 5.74) is 2.62. The zero-order valence-corrected chi connectivity index (χ0v) is 10.9. The van der Waals surface area contributed by atoms with Crippen molar-refractivity contribution in [3.05, 3.63) is 66.0 Å². The van der Waals surface area contributed by atoms with Crippen molar-refractivity contribution in [1.82, 2.24) is 0 Å². The molecule has 3 rings (SSSR count). The van der Waals surface area contributed by atoms with E-state index in [9.17, 15) is 0 Å².